The van der Waals surface area contributed by atoms with Crippen LogP contribution in [0.2, 0.25) is 0 Å². The van der Waals surface area contributed by atoms with Crippen molar-refractivity contribution in [2.75, 3.05) is 0 Å². The Morgan fingerprint density at radius 2 is 1.75 bits per heavy atom. The molecule has 3 N–H and O–H groups in total. The number of hydrogen-bond acceptors (Lipinski definition) is 3. The maximum Gasteiger partial charge on any atom is 0.271 e. The van der Waals surface area contributed by atoms with Crippen molar-refractivity contribution in [3.63, 3.8) is 0 Å². The highest BCUT2D eigenvalue weighted by molar-refractivity contribution is 6.02. The van der Waals surface area contributed by atoms with E-state index in [2.05, 4.69) is 10.5 Å². The SMILES string of the molecule is NC(=O)Cn1cc(/C=N\NC(=O)c2ccc3ccccc3c2)c2ccccc21. The Bertz CT molecular complexity index is 1220. The number of carbonyl (C=O) groups excluding carboxylic acids is 2. The van der Waals surface area contributed by atoms with Gasteiger partial charge in [-0.3, -0.25) is 9.59 Å². The third-order valence-electron chi connectivity index (χ3n) is 4.53. The molecule has 0 saturated carbocycles. The number of nitrogens with zero attached hydrogens (tertiary/aromatic N) is 2. The number of para-hydroxylation sites is 1. The Balaban J connectivity index is 1.55. The molecular formula is C22H18N4O2. The summed E-state index contributed by atoms with van der Waals surface area (Å²) in [5.41, 5.74) is 10.1. The van der Waals surface area contributed by atoms with Gasteiger partial charge in [0.15, 0.2) is 0 Å². The summed E-state index contributed by atoms with van der Waals surface area (Å²) in [7, 11) is 0. The third kappa shape index (κ3) is 3.48. The van der Waals surface area contributed by atoms with E-state index in [1.807, 2.05) is 60.7 Å². The van der Waals surface area contributed by atoms with Crippen molar-refractivity contribution in [1.82, 2.24) is 9.99 Å². The molecule has 4 aromatic rings. The molecule has 0 atom stereocenters. The molecule has 6 heteroatoms. The molecule has 4 rings (SSSR count). The summed E-state index contributed by atoms with van der Waals surface area (Å²) >= 11 is 0. The van der Waals surface area contributed by atoms with Crippen molar-refractivity contribution in [3.8, 4) is 0 Å². The van der Waals surface area contributed by atoms with Gasteiger partial charge in [-0.25, -0.2) is 5.43 Å². The van der Waals surface area contributed by atoms with Gasteiger partial charge in [0, 0.05) is 28.2 Å². The summed E-state index contributed by atoms with van der Waals surface area (Å²) in [6.45, 7) is 0.0812. The average molecular weight is 370 g/mol. The van der Waals surface area contributed by atoms with Crippen LogP contribution in [0.3, 0.4) is 0 Å². The van der Waals surface area contributed by atoms with Crippen LogP contribution in [0.5, 0.6) is 0 Å². The maximum atomic E-state index is 12.4. The van der Waals surface area contributed by atoms with Crippen molar-refractivity contribution in [3.05, 3.63) is 84.1 Å². The van der Waals surface area contributed by atoms with Crippen molar-refractivity contribution >= 4 is 39.7 Å². The van der Waals surface area contributed by atoms with Gasteiger partial charge in [-0.2, -0.15) is 5.10 Å². The second kappa shape index (κ2) is 7.36. The van der Waals surface area contributed by atoms with Crippen molar-refractivity contribution in [2.24, 2.45) is 10.8 Å². The van der Waals surface area contributed by atoms with Gasteiger partial charge in [-0.15, -0.1) is 0 Å². The normalized spacial score (nSPS) is 11.3. The fourth-order valence-electron chi connectivity index (χ4n) is 3.23. The number of hydrazone groups is 1. The average Bonchev–Trinajstić information content (AvgIpc) is 3.04. The van der Waals surface area contributed by atoms with E-state index < -0.39 is 5.91 Å². The summed E-state index contributed by atoms with van der Waals surface area (Å²) in [6, 6.07) is 21.0. The first-order chi connectivity index (χ1) is 13.6. The van der Waals surface area contributed by atoms with Crippen LogP contribution in [0.1, 0.15) is 15.9 Å². The molecule has 0 saturated heterocycles. The molecule has 0 radical (unpaired) electrons. The van der Waals surface area contributed by atoms with Gasteiger partial charge < -0.3 is 10.3 Å². The molecule has 0 spiro atoms. The van der Waals surface area contributed by atoms with Gasteiger partial charge in [0.05, 0.1) is 6.21 Å². The number of rotatable bonds is 5. The topological polar surface area (TPSA) is 89.5 Å². The molecule has 0 aliphatic carbocycles. The van der Waals surface area contributed by atoms with Gasteiger partial charge in [0.2, 0.25) is 5.91 Å². The zero-order valence-corrected chi connectivity index (χ0v) is 15.0. The molecule has 0 fully saturated rings. The van der Waals surface area contributed by atoms with Gasteiger partial charge in [0.25, 0.3) is 5.91 Å². The first-order valence-electron chi connectivity index (χ1n) is 8.80. The summed E-state index contributed by atoms with van der Waals surface area (Å²) < 4.78 is 1.77. The number of nitrogens with one attached hydrogen (secondary N) is 1. The summed E-state index contributed by atoms with van der Waals surface area (Å²) in [6.07, 6.45) is 3.36. The van der Waals surface area contributed by atoms with Crippen LogP contribution in [-0.2, 0) is 11.3 Å². The van der Waals surface area contributed by atoms with E-state index >= 15 is 0 Å². The Hall–Kier alpha value is -3.93. The highest BCUT2D eigenvalue weighted by Gasteiger charge is 2.09. The largest absolute Gasteiger partial charge is 0.368 e. The molecule has 0 bridgehead atoms. The Kier molecular flexibility index (Phi) is 4.60. The zero-order chi connectivity index (χ0) is 19.5. The van der Waals surface area contributed by atoms with Crippen LogP contribution in [0.25, 0.3) is 21.7 Å². The minimum Gasteiger partial charge on any atom is -0.368 e. The molecule has 1 aromatic heterocycles. The van der Waals surface area contributed by atoms with E-state index in [1.165, 1.54) is 0 Å². The highest BCUT2D eigenvalue weighted by atomic mass is 16.2. The van der Waals surface area contributed by atoms with Gasteiger partial charge >= 0.3 is 0 Å². The highest BCUT2D eigenvalue weighted by Crippen LogP contribution is 2.20. The molecule has 0 aliphatic rings. The van der Waals surface area contributed by atoms with Crippen LogP contribution in [0.15, 0.2) is 78.0 Å². The van der Waals surface area contributed by atoms with E-state index in [1.54, 1.807) is 23.0 Å². The molecule has 6 nitrogen and oxygen atoms in total. The number of amides is 2. The molecule has 0 unspecified atom stereocenters. The molecular weight excluding hydrogens is 352 g/mol. The lowest BCUT2D eigenvalue weighted by atomic mass is 10.1. The van der Waals surface area contributed by atoms with Crippen molar-refractivity contribution in [2.45, 2.75) is 6.54 Å². The monoisotopic (exact) mass is 370 g/mol. The maximum absolute atomic E-state index is 12.4. The number of hydrogen-bond donors (Lipinski definition) is 2. The summed E-state index contributed by atoms with van der Waals surface area (Å²) in [4.78, 5) is 23.7. The van der Waals surface area contributed by atoms with E-state index in [9.17, 15) is 9.59 Å². The number of carbonyl (C=O) groups is 2. The van der Waals surface area contributed by atoms with Crippen molar-refractivity contribution in [1.29, 1.82) is 0 Å². The number of benzene rings is 3. The van der Waals surface area contributed by atoms with E-state index in [0.717, 1.165) is 27.2 Å². The fraction of sp³-hybridized carbons (Fsp3) is 0.0455. The number of nitrogens with two attached hydrogens (primary N) is 1. The Morgan fingerprint density at radius 1 is 1.00 bits per heavy atom. The van der Waals surface area contributed by atoms with Crippen LogP contribution < -0.4 is 11.2 Å². The number of primary amides is 1. The molecule has 3 aromatic carbocycles. The molecule has 138 valence electrons. The fourth-order valence-corrected chi connectivity index (χ4v) is 3.23. The van der Waals surface area contributed by atoms with E-state index in [4.69, 9.17) is 5.73 Å². The lowest BCUT2D eigenvalue weighted by Gasteiger charge is -2.02. The standard InChI is InChI=1S/C22H18N4O2/c23-21(27)14-26-13-18(19-7-3-4-8-20(19)26)12-24-25-22(28)17-10-9-15-5-1-2-6-16(15)11-17/h1-13H,14H2,(H2,23,27)(H,25,28)/b24-12-. The predicted molar refractivity (Wildman–Crippen MR) is 110 cm³/mol. The predicted octanol–water partition coefficient (Wildman–Crippen LogP) is 3.04. The molecule has 2 amide bonds. The van der Waals surface area contributed by atoms with Crippen LogP contribution in [0.4, 0.5) is 0 Å². The third-order valence-corrected chi connectivity index (χ3v) is 4.53. The van der Waals surface area contributed by atoms with Crippen LogP contribution in [0, 0.1) is 0 Å². The molecule has 0 aliphatic heterocycles. The van der Waals surface area contributed by atoms with Crippen molar-refractivity contribution < 1.29 is 9.59 Å². The van der Waals surface area contributed by atoms with Crippen LogP contribution in [-0.4, -0.2) is 22.6 Å². The lowest BCUT2D eigenvalue weighted by Crippen LogP contribution is -2.18. The van der Waals surface area contributed by atoms with Gasteiger partial charge in [-0.05, 0) is 29.0 Å². The second-order valence-corrected chi connectivity index (χ2v) is 6.46. The van der Waals surface area contributed by atoms with E-state index in [-0.39, 0.29) is 12.5 Å². The first kappa shape index (κ1) is 17.5. The number of fused-ring (bicyclic) bond motifs is 2. The van der Waals surface area contributed by atoms with Gasteiger partial charge in [-0.1, -0.05) is 48.5 Å². The molecule has 1 heterocycles. The zero-order valence-electron chi connectivity index (χ0n) is 15.0. The quantitative estimate of drug-likeness (QED) is 0.418. The van der Waals surface area contributed by atoms with Crippen LogP contribution >= 0.6 is 0 Å². The van der Waals surface area contributed by atoms with E-state index in [0.29, 0.717) is 5.56 Å². The first-order valence-corrected chi connectivity index (χ1v) is 8.80. The number of aromatic nitrogens is 1. The Labute approximate surface area is 161 Å². The minimum atomic E-state index is -0.422. The molecule has 28 heavy (non-hydrogen) atoms. The van der Waals surface area contributed by atoms with Gasteiger partial charge in [0.1, 0.15) is 6.54 Å². The Morgan fingerprint density at radius 3 is 2.57 bits per heavy atom. The smallest absolute Gasteiger partial charge is 0.271 e. The minimum absolute atomic E-state index is 0.0812. The second-order valence-electron chi connectivity index (χ2n) is 6.46. The summed E-state index contributed by atoms with van der Waals surface area (Å²) in [5, 5.41) is 7.08. The summed E-state index contributed by atoms with van der Waals surface area (Å²) in [5.74, 6) is -0.711. The lowest BCUT2D eigenvalue weighted by molar-refractivity contribution is -0.118.